The van der Waals surface area contributed by atoms with Crippen molar-refractivity contribution in [1.82, 2.24) is 5.32 Å². The Labute approximate surface area is 66.8 Å². The molecule has 66 valence electrons. The summed E-state index contributed by atoms with van der Waals surface area (Å²) >= 11 is 0. The highest BCUT2D eigenvalue weighted by Gasteiger charge is 2.08. The Hall–Kier alpha value is -0.610. The monoisotopic (exact) mass is 160 g/mol. The number of hydrogen-bond donors (Lipinski definition) is 3. The van der Waals surface area contributed by atoms with Gasteiger partial charge in [0, 0.05) is 6.54 Å². The van der Waals surface area contributed by atoms with Gasteiger partial charge in [-0.3, -0.25) is 4.79 Å². The van der Waals surface area contributed by atoms with Crippen molar-refractivity contribution in [1.29, 1.82) is 0 Å². The minimum absolute atomic E-state index is 0.365. The van der Waals surface area contributed by atoms with Gasteiger partial charge in [-0.15, -0.1) is 0 Å². The summed E-state index contributed by atoms with van der Waals surface area (Å²) in [6.07, 6.45) is 0.287. The van der Waals surface area contributed by atoms with E-state index in [0.717, 1.165) is 0 Å². The third-order valence-corrected chi connectivity index (χ3v) is 1.56. The summed E-state index contributed by atoms with van der Waals surface area (Å²) in [4.78, 5) is 10.5. The minimum Gasteiger partial charge on any atom is -0.392 e. The zero-order valence-electron chi connectivity index (χ0n) is 7.00. The Morgan fingerprint density at radius 1 is 1.73 bits per heavy atom. The van der Waals surface area contributed by atoms with Crippen molar-refractivity contribution in [3.8, 4) is 0 Å². The Bertz CT molecular complexity index is 128. The maximum atomic E-state index is 10.5. The number of primary amides is 1. The van der Waals surface area contributed by atoms with Crippen molar-refractivity contribution in [3.63, 3.8) is 0 Å². The van der Waals surface area contributed by atoms with Crippen LogP contribution in [-0.2, 0) is 4.79 Å². The second-order valence-electron chi connectivity index (χ2n) is 2.59. The number of carbonyl (C=O) groups is 1. The summed E-state index contributed by atoms with van der Waals surface area (Å²) in [5.74, 6) is -0.395. The largest absolute Gasteiger partial charge is 0.392 e. The average molecular weight is 160 g/mol. The lowest BCUT2D eigenvalue weighted by Gasteiger charge is -2.12. The van der Waals surface area contributed by atoms with E-state index in [1.54, 1.807) is 6.92 Å². The van der Waals surface area contributed by atoms with Gasteiger partial charge >= 0.3 is 0 Å². The lowest BCUT2D eigenvalue weighted by Crippen LogP contribution is -2.42. The molecule has 2 atom stereocenters. The quantitative estimate of drug-likeness (QED) is 0.494. The molecule has 0 saturated carbocycles. The normalized spacial score (nSPS) is 15.9. The van der Waals surface area contributed by atoms with Crippen LogP contribution < -0.4 is 11.1 Å². The first kappa shape index (κ1) is 10.4. The standard InChI is InChI=1S/C7H16N2O2/c1-3-6(10)4-9-5(2)7(8)11/h5-6,9-10H,3-4H2,1-2H3,(H2,8,11). The number of nitrogens with one attached hydrogen (secondary N) is 1. The Morgan fingerprint density at radius 2 is 2.27 bits per heavy atom. The molecule has 0 aliphatic heterocycles. The molecule has 0 rings (SSSR count). The molecule has 0 saturated heterocycles. The van der Waals surface area contributed by atoms with Crippen LogP contribution in [0.25, 0.3) is 0 Å². The van der Waals surface area contributed by atoms with Gasteiger partial charge in [-0.2, -0.15) is 0 Å². The Morgan fingerprint density at radius 3 is 2.64 bits per heavy atom. The number of carbonyl (C=O) groups excluding carboxylic acids is 1. The molecule has 4 heteroatoms. The van der Waals surface area contributed by atoms with Crippen molar-refractivity contribution in [3.05, 3.63) is 0 Å². The molecule has 0 aromatic rings. The summed E-state index contributed by atoms with van der Waals surface area (Å²) in [5, 5.41) is 11.9. The summed E-state index contributed by atoms with van der Waals surface area (Å²) in [5.41, 5.74) is 4.98. The minimum atomic E-state index is -0.395. The molecule has 4 N–H and O–H groups in total. The number of aliphatic hydroxyl groups is 1. The SMILES string of the molecule is CCC(O)CNC(C)C(N)=O. The highest BCUT2D eigenvalue weighted by molar-refractivity contribution is 5.79. The molecule has 0 aromatic carbocycles. The van der Waals surface area contributed by atoms with Gasteiger partial charge in [-0.25, -0.2) is 0 Å². The highest BCUT2D eigenvalue weighted by atomic mass is 16.3. The van der Waals surface area contributed by atoms with Crippen molar-refractivity contribution < 1.29 is 9.90 Å². The van der Waals surface area contributed by atoms with Crippen molar-refractivity contribution in [2.45, 2.75) is 32.4 Å². The summed E-state index contributed by atoms with van der Waals surface area (Å²) in [7, 11) is 0. The molecule has 4 nitrogen and oxygen atoms in total. The van der Waals surface area contributed by atoms with Crippen LogP contribution in [0.15, 0.2) is 0 Å². The molecule has 0 fully saturated rings. The third kappa shape index (κ3) is 4.75. The van der Waals surface area contributed by atoms with Crippen LogP contribution in [-0.4, -0.2) is 29.7 Å². The van der Waals surface area contributed by atoms with Gasteiger partial charge in [0.05, 0.1) is 12.1 Å². The van der Waals surface area contributed by atoms with E-state index in [2.05, 4.69) is 5.32 Å². The lowest BCUT2D eigenvalue weighted by molar-refractivity contribution is -0.119. The molecule has 0 radical (unpaired) electrons. The van der Waals surface area contributed by atoms with Crippen molar-refractivity contribution >= 4 is 5.91 Å². The van der Waals surface area contributed by atoms with Gasteiger partial charge in [0.2, 0.25) is 5.91 Å². The molecule has 2 unspecified atom stereocenters. The van der Waals surface area contributed by atoms with E-state index in [1.165, 1.54) is 0 Å². The maximum absolute atomic E-state index is 10.5. The summed E-state index contributed by atoms with van der Waals surface area (Å²) in [6.45, 7) is 3.96. The number of aliphatic hydroxyl groups excluding tert-OH is 1. The fourth-order valence-corrected chi connectivity index (χ4v) is 0.558. The van der Waals surface area contributed by atoms with Gasteiger partial charge in [0.15, 0.2) is 0 Å². The average Bonchev–Trinajstić information content (AvgIpc) is 1.99. The molecular formula is C7H16N2O2. The second kappa shape index (κ2) is 5.09. The van der Waals surface area contributed by atoms with Crippen LogP contribution in [0.3, 0.4) is 0 Å². The van der Waals surface area contributed by atoms with Gasteiger partial charge in [-0.05, 0) is 13.3 Å². The van der Waals surface area contributed by atoms with Crippen molar-refractivity contribution in [2.75, 3.05) is 6.54 Å². The molecule has 0 heterocycles. The fraction of sp³-hybridized carbons (Fsp3) is 0.857. The highest BCUT2D eigenvalue weighted by Crippen LogP contribution is 1.87. The van der Waals surface area contributed by atoms with E-state index in [-0.39, 0.29) is 6.04 Å². The van der Waals surface area contributed by atoms with Gasteiger partial charge in [0.25, 0.3) is 0 Å². The summed E-state index contributed by atoms with van der Waals surface area (Å²) in [6, 6.07) is -0.365. The molecule has 0 aliphatic carbocycles. The van der Waals surface area contributed by atoms with Crippen LogP contribution in [0.5, 0.6) is 0 Å². The van der Waals surface area contributed by atoms with Gasteiger partial charge < -0.3 is 16.2 Å². The number of hydrogen-bond acceptors (Lipinski definition) is 3. The smallest absolute Gasteiger partial charge is 0.234 e. The van der Waals surface area contributed by atoms with Crippen LogP contribution >= 0.6 is 0 Å². The fourth-order valence-electron chi connectivity index (χ4n) is 0.558. The van der Waals surface area contributed by atoms with Crippen LogP contribution in [0.4, 0.5) is 0 Å². The molecule has 0 aliphatic rings. The molecular weight excluding hydrogens is 144 g/mol. The van der Waals surface area contributed by atoms with Crippen LogP contribution in [0.1, 0.15) is 20.3 Å². The zero-order valence-corrected chi connectivity index (χ0v) is 7.00. The van der Waals surface area contributed by atoms with E-state index >= 15 is 0 Å². The van der Waals surface area contributed by atoms with E-state index < -0.39 is 12.0 Å². The van der Waals surface area contributed by atoms with E-state index in [1.807, 2.05) is 6.92 Å². The van der Waals surface area contributed by atoms with Gasteiger partial charge in [0.1, 0.15) is 0 Å². The van der Waals surface area contributed by atoms with Gasteiger partial charge in [-0.1, -0.05) is 6.92 Å². The second-order valence-corrected chi connectivity index (χ2v) is 2.59. The Kier molecular flexibility index (Phi) is 4.81. The molecule has 11 heavy (non-hydrogen) atoms. The van der Waals surface area contributed by atoms with E-state index in [0.29, 0.717) is 13.0 Å². The third-order valence-electron chi connectivity index (χ3n) is 1.56. The number of nitrogens with two attached hydrogens (primary N) is 1. The predicted molar refractivity (Wildman–Crippen MR) is 43.0 cm³/mol. The molecule has 0 aromatic heterocycles. The number of amides is 1. The Balaban J connectivity index is 3.45. The van der Waals surface area contributed by atoms with E-state index in [4.69, 9.17) is 10.8 Å². The topological polar surface area (TPSA) is 75.3 Å². The molecule has 0 bridgehead atoms. The first-order chi connectivity index (χ1) is 5.07. The van der Waals surface area contributed by atoms with Crippen molar-refractivity contribution in [2.24, 2.45) is 5.73 Å². The van der Waals surface area contributed by atoms with Crippen LogP contribution in [0.2, 0.25) is 0 Å². The van der Waals surface area contributed by atoms with E-state index in [9.17, 15) is 4.79 Å². The first-order valence-corrected chi connectivity index (χ1v) is 3.78. The molecule has 0 spiro atoms. The zero-order chi connectivity index (χ0) is 8.85. The number of rotatable bonds is 5. The molecule has 1 amide bonds. The van der Waals surface area contributed by atoms with Crippen LogP contribution in [0, 0.1) is 0 Å². The first-order valence-electron chi connectivity index (χ1n) is 3.78. The predicted octanol–water partition coefficient (Wildman–Crippen LogP) is -0.779. The lowest BCUT2D eigenvalue weighted by atomic mass is 10.2. The summed E-state index contributed by atoms with van der Waals surface area (Å²) < 4.78 is 0. The maximum Gasteiger partial charge on any atom is 0.234 e.